The molecule has 0 spiro atoms. The molecule has 1 aromatic carbocycles. The number of anilines is 1. The zero-order chi connectivity index (χ0) is 14.3. The molecule has 106 valence electrons. The van der Waals surface area contributed by atoms with Gasteiger partial charge in [0.15, 0.2) is 0 Å². The maximum Gasteiger partial charge on any atom is 0.223 e. The normalized spacial score (nSPS) is 11.4. The van der Waals surface area contributed by atoms with Crippen molar-refractivity contribution < 1.29 is 4.79 Å². The second kappa shape index (κ2) is 7.48. The number of rotatable bonds is 7. The fourth-order valence-electron chi connectivity index (χ4n) is 2.59. The third-order valence-electron chi connectivity index (χ3n) is 3.61. The van der Waals surface area contributed by atoms with Crippen LogP contribution in [0.1, 0.15) is 26.7 Å². The van der Waals surface area contributed by atoms with Gasteiger partial charge in [-0.2, -0.15) is 0 Å². The van der Waals surface area contributed by atoms with Gasteiger partial charge in [-0.15, -0.1) is 0 Å². The summed E-state index contributed by atoms with van der Waals surface area (Å²) < 4.78 is 0. The molecule has 0 heterocycles. The van der Waals surface area contributed by atoms with Crippen molar-refractivity contribution in [2.75, 3.05) is 11.4 Å². The molecule has 19 heavy (non-hydrogen) atoms. The maximum atomic E-state index is 11.8. The lowest BCUT2D eigenvalue weighted by molar-refractivity contribution is -0.116. The molecule has 1 amide bonds. The number of nitrogens with zero attached hydrogens (tertiary/aromatic N) is 1. The van der Waals surface area contributed by atoms with Crippen molar-refractivity contribution in [2.45, 2.75) is 51.9 Å². The topological polar surface area (TPSA) is 20.3 Å². The van der Waals surface area contributed by atoms with E-state index in [1.165, 1.54) is 18.5 Å². The molecule has 0 saturated heterocycles. The van der Waals surface area contributed by atoms with Crippen LogP contribution in [0.3, 0.4) is 0 Å². The highest BCUT2D eigenvalue weighted by Crippen LogP contribution is 2.21. The monoisotopic (exact) mass is 277 g/mol. The third-order valence-corrected chi connectivity index (χ3v) is 7.17. The van der Waals surface area contributed by atoms with E-state index < -0.39 is 8.07 Å². The van der Waals surface area contributed by atoms with Gasteiger partial charge in [-0.3, -0.25) is 4.79 Å². The number of carbonyl (C=O) groups is 1. The van der Waals surface area contributed by atoms with E-state index in [-0.39, 0.29) is 5.91 Å². The van der Waals surface area contributed by atoms with E-state index in [1.54, 1.807) is 6.92 Å². The van der Waals surface area contributed by atoms with Gasteiger partial charge in [-0.05, 0) is 18.6 Å². The number of amides is 1. The molecule has 0 atom stereocenters. The van der Waals surface area contributed by atoms with Crippen molar-refractivity contribution in [3.8, 4) is 0 Å². The van der Waals surface area contributed by atoms with E-state index in [9.17, 15) is 4.79 Å². The number of benzene rings is 1. The molecule has 2 nitrogen and oxygen atoms in total. The minimum atomic E-state index is -1.04. The lowest BCUT2D eigenvalue weighted by Gasteiger charge is -2.25. The van der Waals surface area contributed by atoms with Gasteiger partial charge in [0.2, 0.25) is 5.91 Å². The van der Waals surface area contributed by atoms with E-state index in [0.29, 0.717) is 0 Å². The zero-order valence-electron chi connectivity index (χ0n) is 12.8. The van der Waals surface area contributed by atoms with Crippen LogP contribution in [0.15, 0.2) is 30.3 Å². The molecule has 0 aliphatic heterocycles. The van der Waals surface area contributed by atoms with Crippen LogP contribution in [0.25, 0.3) is 0 Å². The summed E-state index contributed by atoms with van der Waals surface area (Å²) in [5.41, 5.74) is 1.02. The van der Waals surface area contributed by atoms with E-state index in [4.69, 9.17) is 0 Å². The summed E-state index contributed by atoms with van der Waals surface area (Å²) >= 11 is 0. The van der Waals surface area contributed by atoms with E-state index >= 15 is 0 Å². The number of carbonyl (C=O) groups excluding carboxylic acids is 1. The Morgan fingerprint density at radius 3 is 2.32 bits per heavy atom. The molecule has 0 fully saturated rings. The maximum absolute atomic E-state index is 11.8. The Hall–Kier alpha value is -1.09. The molecule has 0 radical (unpaired) electrons. The summed E-state index contributed by atoms with van der Waals surface area (Å²) in [7, 11) is -1.04. The van der Waals surface area contributed by atoms with Crippen molar-refractivity contribution in [3.63, 3.8) is 0 Å². The summed E-state index contributed by atoms with van der Waals surface area (Å²) in [6.45, 7) is 9.68. The first-order valence-electron chi connectivity index (χ1n) is 7.29. The molecule has 0 saturated carbocycles. The smallest absolute Gasteiger partial charge is 0.223 e. The van der Waals surface area contributed by atoms with Gasteiger partial charge < -0.3 is 4.90 Å². The largest absolute Gasteiger partial charge is 0.313 e. The minimum Gasteiger partial charge on any atom is -0.313 e. The highest BCUT2D eigenvalue weighted by atomic mass is 28.3. The lowest BCUT2D eigenvalue weighted by atomic mass is 10.2. The van der Waals surface area contributed by atoms with Crippen molar-refractivity contribution in [1.29, 1.82) is 0 Å². The highest BCUT2D eigenvalue weighted by molar-refractivity contribution is 6.77. The molecule has 0 aliphatic carbocycles. The van der Waals surface area contributed by atoms with Gasteiger partial charge in [0.05, 0.1) is 0 Å². The van der Waals surface area contributed by atoms with Crippen molar-refractivity contribution in [2.24, 2.45) is 0 Å². The average Bonchev–Trinajstić information content (AvgIpc) is 2.35. The van der Waals surface area contributed by atoms with Crippen molar-refractivity contribution in [3.05, 3.63) is 30.3 Å². The van der Waals surface area contributed by atoms with Crippen LogP contribution < -0.4 is 4.90 Å². The van der Waals surface area contributed by atoms with E-state index in [2.05, 4.69) is 20.0 Å². The predicted molar refractivity (Wildman–Crippen MR) is 86.5 cm³/mol. The fraction of sp³-hybridized carbons (Fsp3) is 0.562. The summed E-state index contributed by atoms with van der Waals surface area (Å²) in [4.78, 5) is 13.7. The Bertz CT molecular complexity index is 389. The van der Waals surface area contributed by atoms with E-state index in [0.717, 1.165) is 18.7 Å². The Labute approximate surface area is 118 Å². The van der Waals surface area contributed by atoms with Gasteiger partial charge in [0.1, 0.15) is 0 Å². The predicted octanol–water partition coefficient (Wildman–Crippen LogP) is 4.55. The average molecular weight is 277 g/mol. The summed E-state index contributed by atoms with van der Waals surface area (Å²) in [5, 5.41) is 0. The number of para-hydroxylation sites is 1. The third kappa shape index (κ3) is 5.60. The van der Waals surface area contributed by atoms with Crippen molar-refractivity contribution in [1.82, 2.24) is 0 Å². The molecule has 0 unspecified atom stereocenters. The summed E-state index contributed by atoms with van der Waals surface area (Å²) in [5.74, 6) is 0.140. The van der Waals surface area contributed by atoms with Gasteiger partial charge in [-0.1, -0.05) is 56.7 Å². The Morgan fingerprint density at radius 1 is 1.16 bits per heavy atom. The number of hydrogen-bond donors (Lipinski definition) is 0. The molecule has 1 aromatic rings. The van der Waals surface area contributed by atoms with Crippen LogP contribution in [0.4, 0.5) is 5.69 Å². The first kappa shape index (κ1) is 16.0. The van der Waals surface area contributed by atoms with Gasteiger partial charge in [-0.25, -0.2) is 0 Å². The van der Waals surface area contributed by atoms with Crippen LogP contribution in [0.5, 0.6) is 0 Å². The second-order valence-corrected chi connectivity index (χ2v) is 11.4. The Balaban J connectivity index is 2.55. The first-order chi connectivity index (χ1) is 8.96. The van der Waals surface area contributed by atoms with Crippen LogP contribution in [-0.4, -0.2) is 20.5 Å². The van der Waals surface area contributed by atoms with Crippen LogP contribution >= 0.6 is 0 Å². The van der Waals surface area contributed by atoms with Gasteiger partial charge in [0, 0.05) is 27.2 Å². The van der Waals surface area contributed by atoms with Crippen LogP contribution in [0, 0.1) is 0 Å². The second-order valence-electron chi connectivity index (χ2n) is 6.02. The molecule has 0 bridgehead atoms. The van der Waals surface area contributed by atoms with Crippen LogP contribution in [-0.2, 0) is 4.79 Å². The first-order valence-corrected chi connectivity index (χ1v) is 10.7. The van der Waals surface area contributed by atoms with Gasteiger partial charge >= 0.3 is 0 Å². The Morgan fingerprint density at radius 2 is 1.79 bits per heavy atom. The Kier molecular flexibility index (Phi) is 6.29. The molecule has 1 rings (SSSR count). The minimum absolute atomic E-state index is 0.140. The molecule has 0 aromatic heterocycles. The van der Waals surface area contributed by atoms with E-state index in [1.807, 2.05) is 35.2 Å². The standard InChI is InChI=1S/C16H27NOSi/c1-5-13-19(3,4)14-9-12-17(15(2)18)16-10-7-6-8-11-16/h6-8,10-11H,5,9,12-14H2,1-4H3. The molecule has 0 aliphatic rings. The summed E-state index contributed by atoms with van der Waals surface area (Å²) in [6, 6.07) is 12.7. The molecule has 0 N–H and O–H groups in total. The summed E-state index contributed by atoms with van der Waals surface area (Å²) in [6.07, 6.45) is 2.40. The number of hydrogen-bond acceptors (Lipinski definition) is 1. The van der Waals surface area contributed by atoms with Crippen molar-refractivity contribution >= 4 is 19.7 Å². The lowest BCUT2D eigenvalue weighted by Crippen LogP contribution is -2.32. The van der Waals surface area contributed by atoms with Gasteiger partial charge in [0.25, 0.3) is 0 Å². The SMILES string of the molecule is CCC[Si](C)(C)CCCN(C(C)=O)c1ccccc1. The molecular formula is C16H27NOSi. The molecular weight excluding hydrogens is 250 g/mol. The molecule has 3 heteroatoms. The fourth-order valence-corrected chi connectivity index (χ4v) is 5.31. The zero-order valence-corrected chi connectivity index (χ0v) is 13.8. The quantitative estimate of drug-likeness (QED) is 0.670. The van der Waals surface area contributed by atoms with Crippen LogP contribution in [0.2, 0.25) is 25.2 Å². The highest BCUT2D eigenvalue weighted by Gasteiger charge is 2.20.